The molecule has 1 fully saturated rings. The number of ether oxygens (including phenoxy) is 1. The molecule has 0 aromatic heterocycles. The van der Waals surface area contributed by atoms with Gasteiger partial charge >= 0.3 is 5.97 Å². The molecule has 20 heavy (non-hydrogen) atoms. The van der Waals surface area contributed by atoms with Crippen molar-refractivity contribution in [3.63, 3.8) is 0 Å². The fraction of sp³-hybridized carbons (Fsp3) is 0.688. The van der Waals surface area contributed by atoms with Crippen LogP contribution in [0.4, 0.5) is 0 Å². The molecule has 0 saturated heterocycles. The zero-order valence-corrected chi connectivity index (χ0v) is 11.9. The highest BCUT2D eigenvalue weighted by Gasteiger charge is 2.35. The summed E-state index contributed by atoms with van der Waals surface area (Å²) in [6.07, 6.45) is 9.87. The number of hydrogen-bond acceptors (Lipinski definition) is 4. The summed E-state index contributed by atoms with van der Waals surface area (Å²) < 4.78 is 5.23. The molecular weight excluding hydrogens is 256 g/mol. The number of rotatable bonds is 0. The van der Waals surface area contributed by atoms with Crippen molar-refractivity contribution in [1.82, 2.24) is 0 Å². The lowest BCUT2D eigenvalue weighted by Crippen LogP contribution is -2.21. The lowest BCUT2D eigenvalue weighted by Gasteiger charge is -2.19. The molecule has 0 radical (unpaired) electrons. The third kappa shape index (κ3) is 4.18. The van der Waals surface area contributed by atoms with Crippen molar-refractivity contribution in [2.75, 3.05) is 0 Å². The van der Waals surface area contributed by atoms with Gasteiger partial charge in [-0.25, -0.2) is 4.79 Å². The number of carbonyl (C=O) groups excluding carboxylic acids is 1. The minimum Gasteiger partial charge on any atom is -0.460 e. The molecule has 1 heterocycles. The molecule has 1 saturated carbocycles. The van der Waals surface area contributed by atoms with Crippen molar-refractivity contribution in [2.45, 2.75) is 57.3 Å². The first kappa shape index (κ1) is 15.3. The van der Waals surface area contributed by atoms with Crippen molar-refractivity contribution >= 4 is 5.97 Å². The zero-order chi connectivity index (χ0) is 14.5. The number of aliphatic hydroxyl groups is 2. The van der Waals surface area contributed by atoms with Crippen molar-refractivity contribution in [1.29, 1.82) is 0 Å². The second-order valence-corrected chi connectivity index (χ2v) is 5.91. The Hall–Kier alpha value is -1.13. The Balaban J connectivity index is 2.11. The summed E-state index contributed by atoms with van der Waals surface area (Å²) >= 11 is 0. The highest BCUT2D eigenvalue weighted by atomic mass is 16.5. The van der Waals surface area contributed by atoms with Crippen molar-refractivity contribution in [3.05, 3.63) is 24.3 Å². The van der Waals surface area contributed by atoms with Gasteiger partial charge in [0.2, 0.25) is 0 Å². The normalized spacial score (nSPS) is 42.5. The summed E-state index contributed by atoms with van der Waals surface area (Å²) in [7, 11) is 0. The number of hydrogen-bond donors (Lipinski definition) is 2. The van der Waals surface area contributed by atoms with Gasteiger partial charge in [-0.3, -0.25) is 0 Å². The highest BCUT2D eigenvalue weighted by Crippen LogP contribution is 2.36. The first-order valence-corrected chi connectivity index (χ1v) is 7.48. The van der Waals surface area contributed by atoms with E-state index in [1.807, 2.05) is 6.92 Å². The number of aliphatic hydroxyl groups excluding tert-OH is 2. The molecule has 0 amide bonds. The van der Waals surface area contributed by atoms with Crippen LogP contribution in [0, 0.1) is 11.8 Å². The maximum absolute atomic E-state index is 11.6. The summed E-state index contributed by atoms with van der Waals surface area (Å²) in [6.45, 7) is 1.89. The Morgan fingerprint density at radius 1 is 1.25 bits per heavy atom. The van der Waals surface area contributed by atoms with Crippen LogP contribution >= 0.6 is 0 Å². The molecule has 0 unspecified atom stereocenters. The van der Waals surface area contributed by atoms with Gasteiger partial charge in [-0.1, -0.05) is 12.2 Å². The van der Waals surface area contributed by atoms with Crippen molar-refractivity contribution in [2.24, 2.45) is 11.8 Å². The van der Waals surface area contributed by atoms with Gasteiger partial charge in [0, 0.05) is 6.08 Å². The Kier molecular flexibility index (Phi) is 5.38. The van der Waals surface area contributed by atoms with Crippen LogP contribution in [-0.2, 0) is 9.53 Å². The van der Waals surface area contributed by atoms with Crippen LogP contribution in [0.15, 0.2) is 24.3 Å². The van der Waals surface area contributed by atoms with Crippen LogP contribution in [-0.4, -0.2) is 34.5 Å². The van der Waals surface area contributed by atoms with Gasteiger partial charge in [-0.15, -0.1) is 0 Å². The van der Waals surface area contributed by atoms with Gasteiger partial charge in [-0.2, -0.15) is 0 Å². The third-order valence-corrected chi connectivity index (χ3v) is 4.19. The summed E-state index contributed by atoms with van der Waals surface area (Å²) in [4.78, 5) is 11.6. The fourth-order valence-electron chi connectivity index (χ4n) is 3.10. The van der Waals surface area contributed by atoms with Gasteiger partial charge in [0.05, 0.1) is 18.3 Å². The first-order chi connectivity index (χ1) is 9.56. The molecule has 0 aromatic rings. The summed E-state index contributed by atoms with van der Waals surface area (Å²) in [5.41, 5.74) is 0. The SMILES string of the molecule is C[C@@H]1CCC/C=C/[C@@H]2C[C@H](O)C[C@@H]2[C@@H](O)/C=C/C(=O)O1. The van der Waals surface area contributed by atoms with Gasteiger partial charge in [0.15, 0.2) is 0 Å². The number of allylic oxidation sites excluding steroid dienone is 2. The number of esters is 1. The first-order valence-electron chi connectivity index (χ1n) is 7.48. The minimum absolute atomic E-state index is 0.0246. The van der Waals surface area contributed by atoms with Gasteiger partial charge in [0.1, 0.15) is 0 Å². The maximum atomic E-state index is 11.6. The Labute approximate surface area is 120 Å². The van der Waals surface area contributed by atoms with E-state index < -0.39 is 12.1 Å². The largest absolute Gasteiger partial charge is 0.460 e. The standard InChI is InChI=1S/C16H24O4/c1-11-5-3-2-4-6-12-9-13(17)10-14(12)15(18)7-8-16(19)20-11/h4,6-8,11-15,17-18H,2-3,5,9-10H2,1H3/b6-4+,8-7+/t11-,12-,13+,14+,15+/m1/s1. The second kappa shape index (κ2) is 7.04. The van der Waals surface area contributed by atoms with E-state index in [9.17, 15) is 15.0 Å². The molecule has 1 aliphatic heterocycles. The summed E-state index contributed by atoms with van der Waals surface area (Å²) in [5.74, 6) is -0.249. The molecule has 2 aliphatic rings. The summed E-state index contributed by atoms with van der Waals surface area (Å²) in [6, 6.07) is 0. The van der Waals surface area contributed by atoms with Crippen molar-refractivity contribution < 1.29 is 19.7 Å². The van der Waals surface area contributed by atoms with Crippen LogP contribution in [0.1, 0.15) is 39.0 Å². The average molecular weight is 280 g/mol. The minimum atomic E-state index is -0.717. The molecule has 1 aliphatic carbocycles. The molecule has 4 heteroatoms. The van der Waals surface area contributed by atoms with E-state index in [1.54, 1.807) is 0 Å². The molecular formula is C16H24O4. The molecule has 0 bridgehead atoms. The smallest absolute Gasteiger partial charge is 0.330 e. The van der Waals surface area contributed by atoms with Gasteiger partial charge in [0.25, 0.3) is 0 Å². The summed E-state index contributed by atoms with van der Waals surface area (Å²) in [5, 5.41) is 20.0. The van der Waals surface area contributed by atoms with E-state index in [1.165, 1.54) is 12.2 Å². The molecule has 2 rings (SSSR count). The van der Waals surface area contributed by atoms with Crippen LogP contribution in [0.3, 0.4) is 0 Å². The second-order valence-electron chi connectivity index (χ2n) is 5.91. The molecule has 5 atom stereocenters. The Morgan fingerprint density at radius 2 is 2.05 bits per heavy atom. The van der Waals surface area contributed by atoms with Crippen molar-refractivity contribution in [3.8, 4) is 0 Å². The molecule has 0 spiro atoms. The molecule has 0 aromatic carbocycles. The van der Waals surface area contributed by atoms with E-state index in [-0.39, 0.29) is 24.0 Å². The Morgan fingerprint density at radius 3 is 2.85 bits per heavy atom. The third-order valence-electron chi connectivity index (χ3n) is 4.19. The van der Waals surface area contributed by atoms with E-state index in [0.29, 0.717) is 12.8 Å². The number of cyclic esters (lactones) is 1. The molecule has 2 N–H and O–H groups in total. The molecule has 4 nitrogen and oxygen atoms in total. The van der Waals surface area contributed by atoms with Gasteiger partial charge < -0.3 is 14.9 Å². The Bertz CT molecular complexity index is 388. The highest BCUT2D eigenvalue weighted by molar-refractivity contribution is 5.82. The monoisotopic (exact) mass is 280 g/mol. The van der Waals surface area contributed by atoms with E-state index in [0.717, 1.165) is 19.3 Å². The van der Waals surface area contributed by atoms with Crippen LogP contribution in [0.5, 0.6) is 0 Å². The quantitative estimate of drug-likeness (QED) is 0.526. The topological polar surface area (TPSA) is 66.8 Å². The van der Waals surface area contributed by atoms with Crippen LogP contribution in [0.25, 0.3) is 0 Å². The van der Waals surface area contributed by atoms with Gasteiger partial charge in [-0.05, 0) is 56.9 Å². The predicted octanol–water partition coefficient (Wildman–Crippen LogP) is 1.96. The predicted molar refractivity (Wildman–Crippen MR) is 75.9 cm³/mol. The van der Waals surface area contributed by atoms with E-state index >= 15 is 0 Å². The average Bonchev–Trinajstić information content (AvgIpc) is 2.76. The van der Waals surface area contributed by atoms with Crippen LogP contribution < -0.4 is 0 Å². The molecule has 112 valence electrons. The van der Waals surface area contributed by atoms with Crippen LogP contribution in [0.2, 0.25) is 0 Å². The fourth-order valence-corrected chi connectivity index (χ4v) is 3.10. The number of fused-ring (bicyclic) bond motifs is 1. The maximum Gasteiger partial charge on any atom is 0.330 e. The lowest BCUT2D eigenvalue weighted by atomic mass is 9.90. The lowest BCUT2D eigenvalue weighted by molar-refractivity contribution is -0.142. The number of carbonyl (C=O) groups is 1. The zero-order valence-electron chi connectivity index (χ0n) is 11.9. The van der Waals surface area contributed by atoms with E-state index in [2.05, 4.69) is 12.2 Å². The van der Waals surface area contributed by atoms with E-state index in [4.69, 9.17) is 4.74 Å².